The SMILES string of the molecule is S=C(NCCc1ccccc1)NCc1cccc(Br)c1. The van der Waals surface area contributed by atoms with Crippen LogP contribution in [0.4, 0.5) is 0 Å². The van der Waals surface area contributed by atoms with Gasteiger partial charge in [0.05, 0.1) is 0 Å². The Morgan fingerprint density at radius 3 is 2.45 bits per heavy atom. The number of nitrogens with one attached hydrogen (secondary N) is 2. The van der Waals surface area contributed by atoms with Crippen LogP contribution in [-0.4, -0.2) is 11.7 Å². The number of halogens is 1. The van der Waals surface area contributed by atoms with Crippen LogP contribution in [0.2, 0.25) is 0 Å². The third-order valence-electron chi connectivity index (χ3n) is 2.88. The molecule has 0 spiro atoms. The molecule has 104 valence electrons. The highest BCUT2D eigenvalue weighted by atomic mass is 79.9. The molecule has 0 saturated heterocycles. The Morgan fingerprint density at radius 2 is 1.70 bits per heavy atom. The Kier molecular flexibility index (Phi) is 6.02. The largest absolute Gasteiger partial charge is 0.362 e. The number of rotatable bonds is 5. The molecule has 0 aliphatic heterocycles. The number of hydrogen-bond donors (Lipinski definition) is 2. The first-order valence-electron chi connectivity index (χ1n) is 6.54. The molecule has 0 bridgehead atoms. The smallest absolute Gasteiger partial charge is 0.166 e. The maximum Gasteiger partial charge on any atom is 0.166 e. The number of benzene rings is 2. The normalized spacial score (nSPS) is 10.1. The van der Waals surface area contributed by atoms with E-state index in [0.717, 1.165) is 24.0 Å². The molecule has 2 nitrogen and oxygen atoms in total. The van der Waals surface area contributed by atoms with E-state index in [0.29, 0.717) is 5.11 Å². The topological polar surface area (TPSA) is 24.1 Å². The molecule has 2 rings (SSSR count). The highest BCUT2D eigenvalue weighted by molar-refractivity contribution is 9.10. The van der Waals surface area contributed by atoms with Gasteiger partial charge in [0.25, 0.3) is 0 Å². The third kappa shape index (κ3) is 5.31. The van der Waals surface area contributed by atoms with Gasteiger partial charge in [0.1, 0.15) is 0 Å². The first kappa shape index (κ1) is 15.0. The van der Waals surface area contributed by atoms with Crippen molar-refractivity contribution in [1.82, 2.24) is 10.6 Å². The average Bonchev–Trinajstić information content (AvgIpc) is 2.46. The van der Waals surface area contributed by atoms with E-state index < -0.39 is 0 Å². The van der Waals surface area contributed by atoms with Crippen LogP contribution in [0.5, 0.6) is 0 Å². The molecule has 4 heteroatoms. The summed E-state index contributed by atoms with van der Waals surface area (Å²) in [5.74, 6) is 0. The van der Waals surface area contributed by atoms with Crippen LogP contribution in [0.15, 0.2) is 59.1 Å². The lowest BCUT2D eigenvalue weighted by molar-refractivity contribution is 0.814. The van der Waals surface area contributed by atoms with Crippen LogP contribution in [-0.2, 0) is 13.0 Å². The lowest BCUT2D eigenvalue weighted by atomic mass is 10.1. The zero-order valence-electron chi connectivity index (χ0n) is 11.1. The Labute approximate surface area is 133 Å². The van der Waals surface area contributed by atoms with Gasteiger partial charge >= 0.3 is 0 Å². The average molecular weight is 349 g/mol. The minimum Gasteiger partial charge on any atom is -0.362 e. The summed E-state index contributed by atoms with van der Waals surface area (Å²) in [5, 5.41) is 7.13. The minimum absolute atomic E-state index is 0.695. The maximum atomic E-state index is 5.27. The van der Waals surface area contributed by atoms with Gasteiger partial charge in [-0.3, -0.25) is 0 Å². The summed E-state index contributed by atoms with van der Waals surface area (Å²) < 4.78 is 1.08. The van der Waals surface area contributed by atoms with Crippen LogP contribution in [0, 0.1) is 0 Å². The summed E-state index contributed by atoms with van der Waals surface area (Å²) in [6.45, 7) is 1.57. The van der Waals surface area contributed by atoms with Crippen molar-refractivity contribution in [2.24, 2.45) is 0 Å². The van der Waals surface area contributed by atoms with E-state index >= 15 is 0 Å². The molecular formula is C16H17BrN2S. The Morgan fingerprint density at radius 1 is 0.950 bits per heavy atom. The van der Waals surface area contributed by atoms with Gasteiger partial charge in [-0.2, -0.15) is 0 Å². The lowest BCUT2D eigenvalue weighted by Crippen LogP contribution is -2.35. The highest BCUT2D eigenvalue weighted by Crippen LogP contribution is 2.11. The Bertz CT molecular complexity index is 557. The summed E-state index contributed by atoms with van der Waals surface area (Å²) >= 11 is 8.73. The Balaban J connectivity index is 1.68. The predicted molar refractivity (Wildman–Crippen MR) is 91.7 cm³/mol. The number of hydrogen-bond acceptors (Lipinski definition) is 1. The molecule has 0 aliphatic carbocycles. The molecule has 0 atom stereocenters. The van der Waals surface area contributed by atoms with Crippen molar-refractivity contribution in [3.05, 3.63) is 70.2 Å². The van der Waals surface area contributed by atoms with Gasteiger partial charge in [0, 0.05) is 17.6 Å². The lowest BCUT2D eigenvalue weighted by Gasteiger charge is -2.10. The Hall–Kier alpha value is -1.39. The van der Waals surface area contributed by atoms with Crippen molar-refractivity contribution in [2.45, 2.75) is 13.0 Å². The molecule has 0 heterocycles. The molecular weight excluding hydrogens is 332 g/mol. The van der Waals surface area contributed by atoms with E-state index in [4.69, 9.17) is 12.2 Å². The zero-order chi connectivity index (χ0) is 14.2. The van der Waals surface area contributed by atoms with Gasteiger partial charge in [0.2, 0.25) is 0 Å². The van der Waals surface area contributed by atoms with Gasteiger partial charge in [-0.05, 0) is 41.9 Å². The third-order valence-corrected chi connectivity index (χ3v) is 3.67. The molecule has 2 N–H and O–H groups in total. The van der Waals surface area contributed by atoms with Gasteiger partial charge in [-0.15, -0.1) is 0 Å². The van der Waals surface area contributed by atoms with Gasteiger partial charge < -0.3 is 10.6 Å². The van der Waals surface area contributed by atoms with Gasteiger partial charge in [-0.1, -0.05) is 58.4 Å². The molecule has 0 saturated carbocycles. The molecule has 0 aliphatic rings. The van der Waals surface area contributed by atoms with Crippen LogP contribution in [0.1, 0.15) is 11.1 Å². The summed E-state index contributed by atoms with van der Waals surface area (Å²) in [6.07, 6.45) is 0.972. The fourth-order valence-electron chi connectivity index (χ4n) is 1.86. The molecule has 0 radical (unpaired) electrons. The van der Waals surface area contributed by atoms with Gasteiger partial charge in [0.15, 0.2) is 5.11 Å². The number of thiocarbonyl (C=S) groups is 1. The first-order chi connectivity index (χ1) is 9.74. The summed E-state index contributed by atoms with van der Waals surface area (Å²) in [5.41, 5.74) is 2.52. The maximum absolute atomic E-state index is 5.27. The van der Waals surface area contributed by atoms with Crippen molar-refractivity contribution in [1.29, 1.82) is 0 Å². The molecule has 0 aromatic heterocycles. The molecule has 2 aromatic carbocycles. The van der Waals surface area contributed by atoms with E-state index in [1.165, 1.54) is 11.1 Å². The standard InChI is InChI=1S/C16H17BrN2S/c17-15-8-4-7-14(11-15)12-19-16(20)18-10-9-13-5-2-1-3-6-13/h1-8,11H,9-10,12H2,(H2,18,19,20). The summed E-state index contributed by atoms with van der Waals surface area (Å²) in [4.78, 5) is 0. The molecule has 20 heavy (non-hydrogen) atoms. The first-order valence-corrected chi connectivity index (χ1v) is 7.74. The van der Waals surface area contributed by atoms with Crippen LogP contribution < -0.4 is 10.6 Å². The molecule has 0 amide bonds. The fourth-order valence-corrected chi connectivity index (χ4v) is 2.48. The van der Waals surface area contributed by atoms with Crippen LogP contribution in [0.3, 0.4) is 0 Å². The highest BCUT2D eigenvalue weighted by Gasteiger charge is 1.98. The van der Waals surface area contributed by atoms with E-state index in [1.807, 2.05) is 18.2 Å². The van der Waals surface area contributed by atoms with Crippen LogP contribution in [0.25, 0.3) is 0 Å². The fraction of sp³-hybridized carbons (Fsp3) is 0.188. The second-order valence-corrected chi connectivity index (χ2v) is 5.80. The van der Waals surface area contributed by atoms with E-state index in [-0.39, 0.29) is 0 Å². The summed E-state index contributed by atoms with van der Waals surface area (Å²) in [7, 11) is 0. The van der Waals surface area contributed by atoms with Crippen molar-refractivity contribution >= 4 is 33.3 Å². The van der Waals surface area contributed by atoms with Crippen molar-refractivity contribution in [3.63, 3.8) is 0 Å². The van der Waals surface area contributed by atoms with Crippen LogP contribution >= 0.6 is 28.1 Å². The van der Waals surface area contributed by atoms with Gasteiger partial charge in [-0.25, -0.2) is 0 Å². The van der Waals surface area contributed by atoms with Crippen molar-refractivity contribution < 1.29 is 0 Å². The monoisotopic (exact) mass is 348 g/mol. The van der Waals surface area contributed by atoms with Crippen molar-refractivity contribution in [2.75, 3.05) is 6.54 Å². The van der Waals surface area contributed by atoms with E-state index in [9.17, 15) is 0 Å². The zero-order valence-corrected chi connectivity index (χ0v) is 13.5. The van der Waals surface area contributed by atoms with E-state index in [2.05, 4.69) is 63.0 Å². The van der Waals surface area contributed by atoms with E-state index in [1.54, 1.807) is 0 Å². The molecule has 0 fully saturated rings. The predicted octanol–water partition coefficient (Wildman–Crippen LogP) is 3.66. The molecule has 0 unspecified atom stereocenters. The second-order valence-electron chi connectivity index (χ2n) is 4.47. The second kappa shape index (κ2) is 8.02. The minimum atomic E-state index is 0.695. The quantitative estimate of drug-likeness (QED) is 0.806. The summed E-state index contributed by atoms with van der Waals surface area (Å²) in [6, 6.07) is 18.6. The molecule has 2 aromatic rings. The van der Waals surface area contributed by atoms with Crippen molar-refractivity contribution in [3.8, 4) is 0 Å².